The molecule has 3 heteroatoms. The Kier molecular flexibility index (Phi) is 3.53. The molecule has 3 rings (SSSR count). The summed E-state index contributed by atoms with van der Waals surface area (Å²) in [6.07, 6.45) is 5.09. The Bertz CT molecular complexity index is 444. The van der Waals surface area contributed by atoms with E-state index in [1.54, 1.807) is 0 Å². The van der Waals surface area contributed by atoms with Crippen LogP contribution in [0.2, 0.25) is 0 Å². The SMILES string of the molecule is O=C1CC2CCC(C1)N2CCc1cccc(Br)c1. The first-order chi connectivity index (χ1) is 8.72. The van der Waals surface area contributed by atoms with Gasteiger partial charge in [-0.25, -0.2) is 0 Å². The third kappa shape index (κ3) is 2.52. The van der Waals surface area contributed by atoms with Crippen LogP contribution in [0.1, 0.15) is 31.2 Å². The topological polar surface area (TPSA) is 20.3 Å². The fourth-order valence-electron chi connectivity index (χ4n) is 3.38. The first kappa shape index (κ1) is 12.4. The van der Waals surface area contributed by atoms with E-state index in [1.165, 1.54) is 18.4 Å². The molecule has 2 fully saturated rings. The molecule has 0 aromatic heterocycles. The van der Waals surface area contributed by atoms with E-state index in [-0.39, 0.29) is 0 Å². The standard InChI is InChI=1S/C15H18BrNO/c16-12-3-1-2-11(8-12)6-7-17-13-4-5-14(17)10-15(18)9-13/h1-3,8,13-14H,4-7,9-10H2. The molecule has 0 saturated carbocycles. The summed E-state index contributed by atoms with van der Waals surface area (Å²) >= 11 is 3.51. The van der Waals surface area contributed by atoms with Crippen molar-refractivity contribution >= 4 is 21.7 Å². The lowest BCUT2D eigenvalue weighted by Gasteiger charge is -2.33. The Morgan fingerprint density at radius 1 is 1.22 bits per heavy atom. The summed E-state index contributed by atoms with van der Waals surface area (Å²) in [6, 6.07) is 9.59. The van der Waals surface area contributed by atoms with Crippen LogP contribution >= 0.6 is 15.9 Å². The average molecular weight is 308 g/mol. The molecule has 2 atom stereocenters. The van der Waals surface area contributed by atoms with Crippen molar-refractivity contribution in [2.75, 3.05) is 6.54 Å². The maximum Gasteiger partial charge on any atom is 0.136 e. The van der Waals surface area contributed by atoms with Crippen LogP contribution in [-0.4, -0.2) is 29.3 Å². The molecule has 2 heterocycles. The van der Waals surface area contributed by atoms with Crippen molar-refractivity contribution in [2.45, 2.75) is 44.2 Å². The number of hydrogen-bond donors (Lipinski definition) is 0. The summed E-state index contributed by atoms with van der Waals surface area (Å²) in [5.41, 5.74) is 1.38. The van der Waals surface area contributed by atoms with Gasteiger partial charge < -0.3 is 0 Å². The number of hydrogen-bond acceptors (Lipinski definition) is 2. The van der Waals surface area contributed by atoms with Crippen LogP contribution in [0.5, 0.6) is 0 Å². The van der Waals surface area contributed by atoms with E-state index < -0.39 is 0 Å². The molecule has 0 spiro atoms. The first-order valence-electron chi connectivity index (χ1n) is 6.74. The van der Waals surface area contributed by atoms with Gasteiger partial charge in [0.2, 0.25) is 0 Å². The van der Waals surface area contributed by atoms with Gasteiger partial charge in [-0.2, -0.15) is 0 Å². The second kappa shape index (κ2) is 5.14. The average Bonchev–Trinajstić information content (AvgIpc) is 2.57. The van der Waals surface area contributed by atoms with Crippen LogP contribution in [0.25, 0.3) is 0 Å². The summed E-state index contributed by atoms with van der Waals surface area (Å²) in [5.74, 6) is 0.473. The number of piperidine rings is 1. The molecule has 0 radical (unpaired) electrons. The fourth-order valence-corrected chi connectivity index (χ4v) is 3.82. The van der Waals surface area contributed by atoms with E-state index in [1.807, 2.05) is 0 Å². The second-order valence-electron chi connectivity index (χ2n) is 5.45. The lowest BCUT2D eigenvalue weighted by atomic mass is 10.0. The number of ketones is 1. The number of carbonyl (C=O) groups excluding carboxylic acids is 1. The van der Waals surface area contributed by atoms with Crippen LogP contribution < -0.4 is 0 Å². The van der Waals surface area contributed by atoms with Gasteiger partial charge in [-0.1, -0.05) is 28.1 Å². The normalized spacial score (nSPS) is 27.7. The lowest BCUT2D eigenvalue weighted by Crippen LogP contribution is -2.44. The molecule has 2 aliphatic rings. The van der Waals surface area contributed by atoms with Crippen molar-refractivity contribution in [1.82, 2.24) is 4.90 Å². The highest BCUT2D eigenvalue weighted by molar-refractivity contribution is 9.10. The van der Waals surface area contributed by atoms with Crippen molar-refractivity contribution in [3.63, 3.8) is 0 Å². The Morgan fingerprint density at radius 3 is 2.61 bits per heavy atom. The number of Topliss-reactive ketones (excluding diaryl/α,β-unsaturated/α-hetero) is 1. The van der Waals surface area contributed by atoms with Crippen LogP contribution in [0, 0.1) is 0 Å². The van der Waals surface area contributed by atoms with Crippen LogP contribution in [0.15, 0.2) is 28.7 Å². The zero-order chi connectivity index (χ0) is 12.5. The molecule has 0 aliphatic carbocycles. The molecule has 96 valence electrons. The molecule has 18 heavy (non-hydrogen) atoms. The van der Waals surface area contributed by atoms with E-state index in [9.17, 15) is 4.79 Å². The van der Waals surface area contributed by atoms with Gasteiger partial charge in [0.05, 0.1) is 0 Å². The molecule has 1 aromatic carbocycles. The summed E-state index contributed by atoms with van der Waals surface area (Å²) in [6.45, 7) is 1.10. The molecule has 1 aromatic rings. The lowest BCUT2D eigenvalue weighted by molar-refractivity contribution is -0.123. The molecule has 2 bridgehead atoms. The molecule has 0 amide bonds. The molecular formula is C15H18BrNO. The van der Waals surface area contributed by atoms with Gasteiger partial charge in [-0.3, -0.25) is 9.69 Å². The van der Waals surface area contributed by atoms with Crippen LogP contribution in [-0.2, 0) is 11.2 Å². The highest BCUT2D eigenvalue weighted by atomic mass is 79.9. The maximum atomic E-state index is 11.6. The summed E-state index contributed by atoms with van der Waals surface area (Å²) in [5, 5.41) is 0. The first-order valence-corrected chi connectivity index (χ1v) is 7.53. The van der Waals surface area contributed by atoms with Gasteiger partial charge in [0.25, 0.3) is 0 Å². The summed E-state index contributed by atoms with van der Waals surface area (Å²) < 4.78 is 1.15. The van der Waals surface area contributed by atoms with Gasteiger partial charge in [-0.15, -0.1) is 0 Å². The van der Waals surface area contributed by atoms with Gasteiger partial charge in [0.1, 0.15) is 5.78 Å². The smallest absolute Gasteiger partial charge is 0.136 e. The van der Waals surface area contributed by atoms with Crippen LogP contribution in [0.4, 0.5) is 0 Å². The van der Waals surface area contributed by atoms with Crippen molar-refractivity contribution in [1.29, 1.82) is 0 Å². The minimum atomic E-state index is 0.473. The van der Waals surface area contributed by atoms with E-state index in [4.69, 9.17) is 0 Å². The Labute approximate surface area is 116 Å². The zero-order valence-electron chi connectivity index (χ0n) is 10.4. The predicted molar refractivity (Wildman–Crippen MR) is 75.6 cm³/mol. The number of halogens is 1. The monoisotopic (exact) mass is 307 g/mol. The van der Waals surface area contributed by atoms with Crippen molar-refractivity contribution in [3.8, 4) is 0 Å². The Morgan fingerprint density at radius 2 is 1.94 bits per heavy atom. The minimum absolute atomic E-state index is 0.473. The van der Waals surface area contributed by atoms with Crippen molar-refractivity contribution in [2.24, 2.45) is 0 Å². The number of fused-ring (bicyclic) bond motifs is 2. The van der Waals surface area contributed by atoms with Gasteiger partial charge in [0.15, 0.2) is 0 Å². The molecule has 2 saturated heterocycles. The van der Waals surface area contributed by atoms with Crippen molar-refractivity contribution < 1.29 is 4.79 Å². The number of carbonyl (C=O) groups is 1. The van der Waals surface area contributed by atoms with E-state index >= 15 is 0 Å². The fraction of sp³-hybridized carbons (Fsp3) is 0.533. The number of nitrogens with zero attached hydrogens (tertiary/aromatic N) is 1. The third-order valence-corrected chi connectivity index (χ3v) is 4.74. The molecule has 2 aliphatic heterocycles. The summed E-state index contributed by atoms with van der Waals surface area (Å²) in [7, 11) is 0. The molecule has 0 N–H and O–H groups in total. The quantitative estimate of drug-likeness (QED) is 0.855. The Balaban J connectivity index is 1.62. The highest BCUT2D eigenvalue weighted by Crippen LogP contribution is 2.33. The van der Waals surface area contributed by atoms with E-state index in [0.717, 1.165) is 30.3 Å². The second-order valence-corrected chi connectivity index (χ2v) is 6.37. The molecule has 2 nitrogen and oxygen atoms in total. The molecule has 2 unspecified atom stereocenters. The summed E-state index contributed by atoms with van der Waals surface area (Å²) in [4.78, 5) is 14.1. The van der Waals surface area contributed by atoms with Crippen molar-refractivity contribution in [3.05, 3.63) is 34.3 Å². The predicted octanol–water partition coefficient (Wildman–Crippen LogP) is 3.19. The van der Waals surface area contributed by atoms with E-state index in [0.29, 0.717) is 17.9 Å². The third-order valence-electron chi connectivity index (χ3n) is 4.25. The largest absolute Gasteiger partial charge is 0.300 e. The zero-order valence-corrected chi connectivity index (χ0v) is 12.0. The van der Waals surface area contributed by atoms with Gasteiger partial charge >= 0.3 is 0 Å². The Hall–Kier alpha value is -0.670. The van der Waals surface area contributed by atoms with Gasteiger partial charge in [0, 0.05) is 35.9 Å². The van der Waals surface area contributed by atoms with E-state index in [2.05, 4.69) is 45.1 Å². The minimum Gasteiger partial charge on any atom is -0.300 e. The number of benzene rings is 1. The molecular weight excluding hydrogens is 290 g/mol. The van der Waals surface area contributed by atoms with Gasteiger partial charge in [-0.05, 0) is 37.0 Å². The maximum absolute atomic E-state index is 11.6. The van der Waals surface area contributed by atoms with Crippen LogP contribution in [0.3, 0.4) is 0 Å². The highest BCUT2D eigenvalue weighted by Gasteiger charge is 2.39. The number of rotatable bonds is 3.